The van der Waals surface area contributed by atoms with E-state index >= 15 is 0 Å². The smallest absolute Gasteiger partial charge is 0.305 e. The lowest BCUT2D eigenvalue weighted by Gasteiger charge is -2.24. The first-order chi connectivity index (χ1) is 9.47. The molecule has 0 spiro atoms. The van der Waals surface area contributed by atoms with Crippen LogP contribution < -0.4 is 4.90 Å². The Kier molecular flexibility index (Phi) is 6.52. The summed E-state index contributed by atoms with van der Waals surface area (Å²) in [6.45, 7) is 4.01. The Labute approximate surface area is 124 Å². The van der Waals surface area contributed by atoms with Crippen LogP contribution in [0.4, 0.5) is 5.69 Å². The number of rotatable bonds is 7. The summed E-state index contributed by atoms with van der Waals surface area (Å²) < 4.78 is 0. The quantitative estimate of drug-likeness (QED) is 0.836. The van der Waals surface area contributed by atoms with Crippen molar-refractivity contribution in [3.05, 3.63) is 28.8 Å². The maximum atomic E-state index is 12.3. The molecule has 0 aromatic heterocycles. The first kappa shape index (κ1) is 16.5. The van der Waals surface area contributed by atoms with E-state index in [1.54, 1.807) is 18.2 Å². The van der Waals surface area contributed by atoms with Gasteiger partial charge in [-0.05, 0) is 31.0 Å². The molecule has 1 aromatic rings. The van der Waals surface area contributed by atoms with Crippen LogP contribution in [0.25, 0.3) is 0 Å². The summed E-state index contributed by atoms with van der Waals surface area (Å²) in [6, 6.07) is 5.32. The largest absolute Gasteiger partial charge is 0.481 e. The Bertz CT molecular complexity index is 488. The second-order valence-corrected chi connectivity index (χ2v) is 5.08. The van der Waals surface area contributed by atoms with Crippen molar-refractivity contribution in [2.24, 2.45) is 0 Å². The highest BCUT2D eigenvalue weighted by atomic mass is 35.5. The molecule has 0 aliphatic carbocycles. The number of carbonyl (C=O) groups is 2. The molecule has 0 radical (unpaired) electrons. The third kappa shape index (κ3) is 4.53. The van der Waals surface area contributed by atoms with Crippen LogP contribution in [0, 0.1) is 6.92 Å². The van der Waals surface area contributed by atoms with Crippen molar-refractivity contribution < 1.29 is 14.7 Å². The average molecular weight is 298 g/mol. The Morgan fingerprint density at radius 2 is 2.00 bits per heavy atom. The number of amides is 1. The van der Waals surface area contributed by atoms with Gasteiger partial charge in [-0.15, -0.1) is 0 Å². The zero-order chi connectivity index (χ0) is 15.1. The normalized spacial score (nSPS) is 10.3. The molecule has 1 aromatic carbocycles. The highest BCUT2D eigenvalue weighted by Gasteiger charge is 2.18. The van der Waals surface area contributed by atoms with Crippen LogP contribution in [-0.2, 0) is 9.59 Å². The third-order valence-corrected chi connectivity index (χ3v) is 3.53. The Hall–Kier alpha value is -1.55. The first-order valence-electron chi connectivity index (χ1n) is 6.74. The summed E-state index contributed by atoms with van der Waals surface area (Å²) in [5.74, 6) is -0.976. The van der Waals surface area contributed by atoms with Crippen molar-refractivity contribution >= 4 is 29.2 Å². The lowest BCUT2D eigenvalue weighted by atomic mass is 10.1. The molecule has 0 bridgehead atoms. The van der Waals surface area contributed by atoms with Gasteiger partial charge in [0.1, 0.15) is 0 Å². The number of aliphatic carboxylic acids is 1. The number of halogens is 1. The highest BCUT2D eigenvalue weighted by Crippen LogP contribution is 2.27. The van der Waals surface area contributed by atoms with E-state index in [1.165, 1.54) is 4.90 Å². The SMILES string of the molecule is CCCCC(=O)N(CCC(=O)O)c1cccc(Cl)c1C. The molecule has 0 atom stereocenters. The topological polar surface area (TPSA) is 57.6 Å². The molecule has 1 rings (SSSR count). The van der Waals surface area contributed by atoms with Gasteiger partial charge in [-0.1, -0.05) is 31.0 Å². The maximum Gasteiger partial charge on any atom is 0.305 e. The molecule has 1 amide bonds. The summed E-state index contributed by atoms with van der Waals surface area (Å²) in [6.07, 6.45) is 2.06. The Balaban J connectivity index is 2.99. The molecule has 0 aliphatic rings. The van der Waals surface area contributed by atoms with Gasteiger partial charge in [-0.25, -0.2) is 0 Å². The Morgan fingerprint density at radius 1 is 1.30 bits per heavy atom. The minimum atomic E-state index is -0.919. The van der Waals surface area contributed by atoms with E-state index in [4.69, 9.17) is 16.7 Å². The molecule has 0 unspecified atom stereocenters. The van der Waals surface area contributed by atoms with Gasteiger partial charge < -0.3 is 10.0 Å². The van der Waals surface area contributed by atoms with Crippen LogP contribution in [0.15, 0.2) is 18.2 Å². The van der Waals surface area contributed by atoms with Crippen LogP contribution in [0.5, 0.6) is 0 Å². The van der Waals surface area contributed by atoms with Gasteiger partial charge in [-0.2, -0.15) is 0 Å². The summed E-state index contributed by atoms with van der Waals surface area (Å²) in [5, 5.41) is 9.40. The van der Waals surface area contributed by atoms with E-state index in [2.05, 4.69) is 0 Å². The van der Waals surface area contributed by atoms with Crippen molar-refractivity contribution in [3.8, 4) is 0 Å². The van der Waals surface area contributed by atoms with Gasteiger partial charge in [0.2, 0.25) is 5.91 Å². The fourth-order valence-corrected chi connectivity index (χ4v) is 2.11. The van der Waals surface area contributed by atoms with E-state index in [0.29, 0.717) is 17.1 Å². The van der Waals surface area contributed by atoms with E-state index in [-0.39, 0.29) is 18.9 Å². The van der Waals surface area contributed by atoms with Crippen molar-refractivity contribution in [1.29, 1.82) is 0 Å². The Morgan fingerprint density at radius 3 is 2.60 bits per heavy atom. The monoisotopic (exact) mass is 297 g/mol. The number of carboxylic acid groups (broad SMARTS) is 1. The number of hydrogen-bond acceptors (Lipinski definition) is 2. The first-order valence-corrected chi connectivity index (χ1v) is 7.12. The van der Waals surface area contributed by atoms with Crippen molar-refractivity contribution in [3.63, 3.8) is 0 Å². The molecule has 0 saturated heterocycles. The lowest BCUT2D eigenvalue weighted by molar-refractivity contribution is -0.136. The van der Waals surface area contributed by atoms with Gasteiger partial charge >= 0.3 is 5.97 Å². The van der Waals surface area contributed by atoms with Crippen molar-refractivity contribution in [2.45, 2.75) is 39.5 Å². The molecule has 1 N–H and O–H groups in total. The molecule has 0 heterocycles. The van der Waals surface area contributed by atoms with E-state index in [1.807, 2.05) is 13.8 Å². The number of hydrogen-bond donors (Lipinski definition) is 1. The minimum Gasteiger partial charge on any atom is -0.481 e. The molecule has 110 valence electrons. The van der Waals surface area contributed by atoms with Gasteiger partial charge in [0.25, 0.3) is 0 Å². The highest BCUT2D eigenvalue weighted by molar-refractivity contribution is 6.31. The standard InChI is InChI=1S/C15H20ClNO3/c1-3-4-8-14(18)17(10-9-15(19)20)13-7-5-6-12(16)11(13)2/h5-7H,3-4,8-10H2,1-2H3,(H,19,20). The number of anilines is 1. The number of carboxylic acids is 1. The number of unbranched alkanes of at least 4 members (excludes halogenated alkanes) is 1. The molecule has 20 heavy (non-hydrogen) atoms. The fourth-order valence-electron chi connectivity index (χ4n) is 1.94. The molecule has 0 fully saturated rings. The zero-order valence-electron chi connectivity index (χ0n) is 11.9. The second-order valence-electron chi connectivity index (χ2n) is 4.68. The summed E-state index contributed by atoms with van der Waals surface area (Å²) in [5.41, 5.74) is 1.49. The van der Waals surface area contributed by atoms with Crippen LogP contribution in [0.2, 0.25) is 5.02 Å². The number of nitrogens with zero attached hydrogens (tertiary/aromatic N) is 1. The third-order valence-electron chi connectivity index (χ3n) is 3.12. The van der Waals surface area contributed by atoms with Gasteiger partial charge in [0, 0.05) is 23.7 Å². The molecule has 5 heteroatoms. The summed E-state index contributed by atoms with van der Waals surface area (Å²) in [7, 11) is 0. The van der Waals surface area contributed by atoms with Crippen molar-refractivity contribution in [2.75, 3.05) is 11.4 Å². The summed E-state index contributed by atoms with van der Waals surface area (Å²) >= 11 is 6.08. The average Bonchev–Trinajstić information content (AvgIpc) is 2.40. The predicted molar refractivity (Wildman–Crippen MR) is 80.3 cm³/mol. The van der Waals surface area contributed by atoms with E-state index < -0.39 is 5.97 Å². The van der Waals surface area contributed by atoms with E-state index in [9.17, 15) is 9.59 Å². The second kappa shape index (κ2) is 7.90. The molecule has 4 nitrogen and oxygen atoms in total. The zero-order valence-corrected chi connectivity index (χ0v) is 12.6. The predicted octanol–water partition coefficient (Wildman–Crippen LogP) is 3.65. The fraction of sp³-hybridized carbons (Fsp3) is 0.467. The maximum absolute atomic E-state index is 12.3. The van der Waals surface area contributed by atoms with Crippen molar-refractivity contribution in [1.82, 2.24) is 0 Å². The van der Waals surface area contributed by atoms with Gasteiger partial charge in [-0.3, -0.25) is 9.59 Å². The van der Waals surface area contributed by atoms with Crippen LogP contribution in [0.3, 0.4) is 0 Å². The van der Waals surface area contributed by atoms with E-state index in [0.717, 1.165) is 18.4 Å². The van der Waals surface area contributed by atoms with Crippen LogP contribution >= 0.6 is 11.6 Å². The van der Waals surface area contributed by atoms with Gasteiger partial charge in [0.05, 0.1) is 6.42 Å². The lowest BCUT2D eigenvalue weighted by Crippen LogP contribution is -2.33. The summed E-state index contributed by atoms with van der Waals surface area (Å²) in [4.78, 5) is 24.6. The molecule has 0 saturated carbocycles. The number of benzene rings is 1. The molecule has 0 aliphatic heterocycles. The van der Waals surface area contributed by atoms with Gasteiger partial charge in [0.15, 0.2) is 0 Å². The van der Waals surface area contributed by atoms with Crippen LogP contribution in [-0.4, -0.2) is 23.5 Å². The molecular weight excluding hydrogens is 278 g/mol. The molecular formula is C15H20ClNO3. The minimum absolute atomic E-state index is 0.0570. The number of carbonyl (C=O) groups excluding carboxylic acids is 1. The van der Waals surface area contributed by atoms with Crippen LogP contribution in [0.1, 0.15) is 38.2 Å².